The molecule has 2 aromatic heterocycles. The van der Waals surface area contributed by atoms with E-state index in [1.54, 1.807) is 4.52 Å². The van der Waals surface area contributed by atoms with Crippen molar-refractivity contribution < 1.29 is 0 Å². The highest BCUT2D eigenvalue weighted by molar-refractivity contribution is 9.10. The van der Waals surface area contributed by atoms with Crippen LogP contribution in [-0.4, -0.2) is 14.6 Å². The molecule has 3 rings (SSSR count). The number of nitrogens with zero attached hydrogens (tertiary/aromatic N) is 3. The third-order valence-corrected chi connectivity index (χ3v) is 3.68. The smallest absolute Gasteiger partial charge is 0.243 e. The number of aryl methyl sites for hydroxylation is 1. The molecule has 0 amide bonds. The number of hydrogen-bond acceptors (Lipinski definition) is 3. The predicted molar refractivity (Wildman–Crippen MR) is 83.9 cm³/mol. The predicted octanol–water partition coefficient (Wildman–Crippen LogP) is 3.97. The first kappa shape index (κ1) is 13.1. The van der Waals surface area contributed by atoms with E-state index in [9.17, 15) is 0 Å². The van der Waals surface area contributed by atoms with Crippen molar-refractivity contribution in [3.63, 3.8) is 0 Å². The second kappa shape index (κ2) is 5.25. The molecule has 0 spiro atoms. The lowest BCUT2D eigenvalue weighted by Gasteiger charge is -2.12. The van der Waals surface area contributed by atoms with Crippen LogP contribution in [0.15, 0.2) is 47.1 Å². The molecule has 0 saturated carbocycles. The summed E-state index contributed by atoms with van der Waals surface area (Å²) in [4.78, 5) is 4.49. The number of hydrogen-bond donors (Lipinski definition) is 1. The maximum atomic E-state index is 4.49. The summed E-state index contributed by atoms with van der Waals surface area (Å²) >= 11 is 3.49. The fraction of sp³-hybridized carbons (Fsp3) is 0.200. The molecule has 1 aromatic carbocycles. The minimum atomic E-state index is 0.144. The second-order valence-electron chi connectivity index (χ2n) is 4.86. The van der Waals surface area contributed by atoms with Crippen molar-refractivity contribution in [2.24, 2.45) is 0 Å². The third kappa shape index (κ3) is 2.67. The summed E-state index contributed by atoms with van der Waals surface area (Å²) in [6, 6.07) is 12.4. The van der Waals surface area contributed by atoms with E-state index in [-0.39, 0.29) is 6.04 Å². The molecule has 0 saturated heterocycles. The zero-order valence-corrected chi connectivity index (χ0v) is 12.9. The number of anilines is 1. The van der Waals surface area contributed by atoms with Crippen molar-refractivity contribution in [2.75, 3.05) is 5.32 Å². The molecular weight excluding hydrogens is 316 g/mol. The quantitative estimate of drug-likeness (QED) is 0.789. The first-order chi connectivity index (χ1) is 9.61. The first-order valence-electron chi connectivity index (χ1n) is 6.47. The molecular formula is C15H15BrN4. The van der Waals surface area contributed by atoms with Crippen molar-refractivity contribution in [2.45, 2.75) is 19.9 Å². The molecule has 1 unspecified atom stereocenters. The zero-order valence-electron chi connectivity index (χ0n) is 11.3. The van der Waals surface area contributed by atoms with Crippen LogP contribution in [0, 0.1) is 6.92 Å². The fourth-order valence-corrected chi connectivity index (χ4v) is 2.51. The van der Waals surface area contributed by atoms with Crippen LogP contribution in [-0.2, 0) is 0 Å². The van der Waals surface area contributed by atoms with Gasteiger partial charge in [0, 0.05) is 10.7 Å². The lowest BCUT2D eigenvalue weighted by atomic mass is 10.1. The minimum Gasteiger partial charge on any atom is -0.346 e. The first-order valence-corrected chi connectivity index (χ1v) is 7.26. The van der Waals surface area contributed by atoms with Crippen LogP contribution >= 0.6 is 15.9 Å². The number of pyridine rings is 1. The monoisotopic (exact) mass is 330 g/mol. The van der Waals surface area contributed by atoms with Gasteiger partial charge >= 0.3 is 0 Å². The average molecular weight is 331 g/mol. The normalized spacial score (nSPS) is 12.6. The topological polar surface area (TPSA) is 42.2 Å². The summed E-state index contributed by atoms with van der Waals surface area (Å²) in [5.41, 5.74) is 3.22. The zero-order chi connectivity index (χ0) is 14.1. The van der Waals surface area contributed by atoms with E-state index in [0.717, 1.165) is 10.1 Å². The third-order valence-electron chi connectivity index (χ3n) is 3.19. The Labute approximate surface area is 126 Å². The van der Waals surface area contributed by atoms with Gasteiger partial charge in [-0.3, -0.25) is 0 Å². The van der Waals surface area contributed by atoms with Crippen LogP contribution < -0.4 is 5.32 Å². The van der Waals surface area contributed by atoms with Gasteiger partial charge in [-0.2, -0.15) is 4.98 Å². The molecule has 0 fully saturated rings. The van der Waals surface area contributed by atoms with Gasteiger partial charge in [-0.15, -0.1) is 5.10 Å². The molecule has 0 bridgehead atoms. The Morgan fingerprint density at radius 3 is 2.90 bits per heavy atom. The van der Waals surface area contributed by atoms with Crippen LogP contribution in [0.1, 0.15) is 24.1 Å². The Morgan fingerprint density at radius 2 is 2.10 bits per heavy atom. The maximum Gasteiger partial charge on any atom is 0.243 e. The van der Waals surface area contributed by atoms with Crippen LogP contribution in [0.3, 0.4) is 0 Å². The van der Waals surface area contributed by atoms with Gasteiger partial charge in [-0.25, -0.2) is 4.52 Å². The van der Waals surface area contributed by atoms with Gasteiger partial charge in [-0.1, -0.05) is 28.1 Å². The number of nitrogens with one attached hydrogen (secondary N) is 1. The number of benzene rings is 1. The van der Waals surface area contributed by atoms with Gasteiger partial charge < -0.3 is 5.32 Å². The van der Waals surface area contributed by atoms with E-state index in [4.69, 9.17) is 0 Å². The van der Waals surface area contributed by atoms with Crippen LogP contribution in [0.4, 0.5) is 5.95 Å². The standard InChI is InChI=1S/C15H15BrN4/c1-10-6-7-20-14(8-10)18-15(19-20)17-11(2)12-4-3-5-13(16)9-12/h3-9,11H,1-2H3,(H,17,19). The second-order valence-corrected chi connectivity index (χ2v) is 5.78. The molecule has 1 N–H and O–H groups in total. The summed E-state index contributed by atoms with van der Waals surface area (Å²) in [7, 11) is 0. The number of aromatic nitrogens is 3. The van der Waals surface area contributed by atoms with Crippen molar-refractivity contribution in [3.05, 3.63) is 58.2 Å². The fourth-order valence-electron chi connectivity index (χ4n) is 2.10. The minimum absolute atomic E-state index is 0.144. The molecule has 20 heavy (non-hydrogen) atoms. The van der Waals surface area contributed by atoms with Crippen molar-refractivity contribution in [3.8, 4) is 0 Å². The number of halogens is 1. The van der Waals surface area contributed by atoms with Crippen molar-refractivity contribution in [1.82, 2.24) is 14.6 Å². The Bertz CT molecular complexity index is 750. The Balaban J connectivity index is 1.85. The van der Waals surface area contributed by atoms with Crippen LogP contribution in [0.5, 0.6) is 0 Å². The largest absolute Gasteiger partial charge is 0.346 e. The van der Waals surface area contributed by atoms with Crippen molar-refractivity contribution in [1.29, 1.82) is 0 Å². The summed E-state index contributed by atoms with van der Waals surface area (Å²) in [5.74, 6) is 0.642. The van der Waals surface area contributed by atoms with E-state index in [1.165, 1.54) is 11.1 Å². The molecule has 0 aliphatic rings. The SMILES string of the molecule is Cc1ccn2nc(NC(C)c3cccc(Br)c3)nc2c1. The lowest BCUT2D eigenvalue weighted by molar-refractivity contribution is 0.852. The van der Waals surface area contributed by atoms with Crippen LogP contribution in [0.25, 0.3) is 5.65 Å². The Kier molecular flexibility index (Phi) is 3.44. The van der Waals surface area contributed by atoms with Gasteiger partial charge in [0.2, 0.25) is 5.95 Å². The summed E-state index contributed by atoms with van der Waals surface area (Å²) in [5, 5.41) is 7.75. The molecule has 0 radical (unpaired) electrons. The Morgan fingerprint density at radius 1 is 1.25 bits per heavy atom. The highest BCUT2D eigenvalue weighted by atomic mass is 79.9. The van der Waals surface area contributed by atoms with Gasteiger partial charge in [0.15, 0.2) is 5.65 Å². The van der Waals surface area contributed by atoms with E-state index in [0.29, 0.717) is 5.95 Å². The van der Waals surface area contributed by atoms with E-state index >= 15 is 0 Å². The van der Waals surface area contributed by atoms with E-state index in [1.807, 2.05) is 37.4 Å². The van der Waals surface area contributed by atoms with Crippen LogP contribution in [0.2, 0.25) is 0 Å². The molecule has 2 heterocycles. The molecule has 5 heteroatoms. The Hall–Kier alpha value is -1.88. The van der Waals surface area contributed by atoms with Gasteiger partial charge in [0.1, 0.15) is 0 Å². The van der Waals surface area contributed by atoms with Gasteiger partial charge in [0.05, 0.1) is 6.04 Å². The summed E-state index contributed by atoms with van der Waals surface area (Å²) in [6.07, 6.45) is 1.92. The lowest BCUT2D eigenvalue weighted by Crippen LogP contribution is -2.07. The molecule has 1 atom stereocenters. The van der Waals surface area contributed by atoms with Gasteiger partial charge in [0.25, 0.3) is 0 Å². The summed E-state index contributed by atoms with van der Waals surface area (Å²) in [6.45, 7) is 4.14. The highest BCUT2D eigenvalue weighted by Crippen LogP contribution is 2.21. The van der Waals surface area contributed by atoms with Crippen molar-refractivity contribution >= 4 is 27.5 Å². The molecule has 102 valence electrons. The number of fused-ring (bicyclic) bond motifs is 1. The maximum absolute atomic E-state index is 4.49. The molecule has 0 aliphatic heterocycles. The highest BCUT2D eigenvalue weighted by Gasteiger charge is 2.09. The molecule has 3 aromatic rings. The van der Waals surface area contributed by atoms with E-state index in [2.05, 4.69) is 50.4 Å². The van der Waals surface area contributed by atoms with Gasteiger partial charge in [-0.05, 0) is 49.2 Å². The van der Waals surface area contributed by atoms with E-state index < -0.39 is 0 Å². The summed E-state index contributed by atoms with van der Waals surface area (Å²) < 4.78 is 2.85. The molecule has 4 nitrogen and oxygen atoms in total. The average Bonchev–Trinajstić information content (AvgIpc) is 2.80. The molecule has 0 aliphatic carbocycles. The number of rotatable bonds is 3.